The van der Waals surface area contributed by atoms with Gasteiger partial charge in [0, 0.05) is 33.9 Å². The van der Waals surface area contributed by atoms with Gasteiger partial charge < -0.3 is 4.57 Å². The Morgan fingerprint density at radius 3 is 2.61 bits per heavy atom. The molecular formula is C17H13Cl2FN2S. The van der Waals surface area contributed by atoms with E-state index in [9.17, 15) is 4.39 Å². The van der Waals surface area contributed by atoms with Crippen LogP contribution in [0.3, 0.4) is 0 Å². The number of aromatic nitrogens is 2. The van der Waals surface area contributed by atoms with Crippen LogP contribution in [0, 0.1) is 5.82 Å². The van der Waals surface area contributed by atoms with Gasteiger partial charge in [-0.2, -0.15) is 0 Å². The van der Waals surface area contributed by atoms with Crippen LogP contribution < -0.4 is 0 Å². The predicted octanol–water partition coefficient (Wildman–Crippen LogP) is 5.67. The third kappa shape index (κ3) is 4.50. The lowest BCUT2D eigenvalue weighted by Gasteiger charge is -2.09. The molecule has 118 valence electrons. The quantitative estimate of drug-likeness (QED) is 0.541. The Labute approximate surface area is 148 Å². The van der Waals surface area contributed by atoms with E-state index in [1.54, 1.807) is 30.1 Å². The molecule has 0 radical (unpaired) electrons. The Morgan fingerprint density at radius 1 is 1.09 bits per heavy atom. The van der Waals surface area contributed by atoms with Crippen molar-refractivity contribution in [2.75, 3.05) is 0 Å². The molecule has 0 aliphatic rings. The Bertz CT molecular complexity index is 800. The topological polar surface area (TPSA) is 17.8 Å². The average molecular weight is 367 g/mol. The van der Waals surface area contributed by atoms with Crippen molar-refractivity contribution in [3.05, 3.63) is 82.1 Å². The molecular weight excluding hydrogens is 354 g/mol. The van der Waals surface area contributed by atoms with Gasteiger partial charge in [0.1, 0.15) is 11.6 Å². The first-order chi connectivity index (χ1) is 11.1. The van der Waals surface area contributed by atoms with Crippen LogP contribution in [0.25, 0.3) is 0 Å². The first-order valence-electron chi connectivity index (χ1n) is 6.93. The second-order valence-corrected chi connectivity index (χ2v) is 6.92. The van der Waals surface area contributed by atoms with Gasteiger partial charge in [0.25, 0.3) is 0 Å². The molecule has 1 aromatic heterocycles. The third-order valence-electron chi connectivity index (χ3n) is 3.24. The van der Waals surface area contributed by atoms with Gasteiger partial charge in [-0.25, -0.2) is 9.37 Å². The molecule has 2 nitrogen and oxygen atoms in total. The summed E-state index contributed by atoms with van der Waals surface area (Å²) in [4.78, 5) is 5.26. The minimum atomic E-state index is -0.230. The zero-order valence-electron chi connectivity index (χ0n) is 12.0. The number of nitrogens with zero attached hydrogens (tertiary/aromatic N) is 2. The van der Waals surface area contributed by atoms with Crippen molar-refractivity contribution in [2.24, 2.45) is 0 Å². The molecule has 0 saturated carbocycles. The standard InChI is InChI=1S/C17H13Cl2FN2S/c18-13-6-12(7-14(19)8-13)10-22-5-4-21-17(22)11-23-16-3-1-2-15(20)9-16/h1-9H,10-11H2. The lowest BCUT2D eigenvalue weighted by Crippen LogP contribution is -2.03. The summed E-state index contributed by atoms with van der Waals surface area (Å²) in [5.74, 6) is 1.34. The summed E-state index contributed by atoms with van der Waals surface area (Å²) in [5.41, 5.74) is 1.01. The summed E-state index contributed by atoms with van der Waals surface area (Å²) < 4.78 is 15.3. The van der Waals surface area contributed by atoms with Crippen LogP contribution in [0.4, 0.5) is 4.39 Å². The highest BCUT2D eigenvalue weighted by atomic mass is 35.5. The summed E-state index contributed by atoms with van der Waals surface area (Å²) in [7, 11) is 0. The molecule has 0 amide bonds. The van der Waals surface area contributed by atoms with E-state index in [0.29, 0.717) is 22.3 Å². The molecule has 0 aliphatic carbocycles. The van der Waals surface area contributed by atoms with Crippen molar-refractivity contribution < 1.29 is 4.39 Å². The average Bonchev–Trinajstić information content (AvgIpc) is 2.91. The molecule has 6 heteroatoms. The van der Waals surface area contributed by atoms with Crippen LogP contribution in [0.1, 0.15) is 11.4 Å². The maximum Gasteiger partial charge on any atom is 0.124 e. The molecule has 1 heterocycles. The second-order valence-electron chi connectivity index (χ2n) is 5.00. The van der Waals surface area contributed by atoms with E-state index < -0.39 is 0 Å². The molecule has 0 spiro atoms. The molecule has 0 unspecified atom stereocenters. The maximum absolute atomic E-state index is 13.2. The molecule has 23 heavy (non-hydrogen) atoms. The van der Waals surface area contributed by atoms with Gasteiger partial charge in [-0.3, -0.25) is 0 Å². The number of rotatable bonds is 5. The Morgan fingerprint density at radius 2 is 1.87 bits per heavy atom. The van der Waals surface area contributed by atoms with Crippen LogP contribution in [0.5, 0.6) is 0 Å². The molecule has 2 aromatic carbocycles. The minimum absolute atomic E-state index is 0.230. The van der Waals surface area contributed by atoms with Crippen LogP contribution in [0.15, 0.2) is 59.8 Å². The van der Waals surface area contributed by atoms with Crippen LogP contribution in [-0.2, 0) is 12.3 Å². The third-order valence-corrected chi connectivity index (χ3v) is 4.67. The maximum atomic E-state index is 13.2. The first-order valence-corrected chi connectivity index (χ1v) is 8.67. The van der Waals surface area contributed by atoms with Gasteiger partial charge >= 0.3 is 0 Å². The van der Waals surface area contributed by atoms with Crippen molar-refractivity contribution in [1.29, 1.82) is 0 Å². The van der Waals surface area contributed by atoms with Crippen LogP contribution in [0.2, 0.25) is 10.0 Å². The monoisotopic (exact) mass is 366 g/mol. The molecule has 3 aromatic rings. The number of benzene rings is 2. The number of halogens is 3. The van der Waals surface area contributed by atoms with E-state index in [-0.39, 0.29) is 5.82 Å². The normalized spacial score (nSPS) is 10.9. The van der Waals surface area contributed by atoms with E-state index in [2.05, 4.69) is 4.98 Å². The predicted molar refractivity (Wildman–Crippen MR) is 93.8 cm³/mol. The second kappa shape index (κ2) is 7.39. The summed E-state index contributed by atoms with van der Waals surface area (Å²) in [6, 6.07) is 12.0. The fourth-order valence-electron chi connectivity index (χ4n) is 2.23. The zero-order valence-corrected chi connectivity index (χ0v) is 14.4. The van der Waals surface area contributed by atoms with E-state index in [1.807, 2.05) is 29.0 Å². The van der Waals surface area contributed by atoms with Gasteiger partial charge in [-0.05, 0) is 42.0 Å². The lowest BCUT2D eigenvalue weighted by molar-refractivity contribution is 0.624. The first kappa shape index (κ1) is 16.4. The summed E-state index contributed by atoms with van der Waals surface area (Å²) in [5, 5.41) is 1.23. The van der Waals surface area contributed by atoms with Gasteiger partial charge in [0.2, 0.25) is 0 Å². The fourth-order valence-corrected chi connectivity index (χ4v) is 3.71. The van der Waals surface area contributed by atoms with Crippen molar-refractivity contribution >= 4 is 35.0 Å². The molecule has 0 fully saturated rings. The van der Waals surface area contributed by atoms with Crippen molar-refractivity contribution in [3.63, 3.8) is 0 Å². The molecule has 0 atom stereocenters. The minimum Gasteiger partial charge on any atom is -0.330 e. The number of imidazole rings is 1. The summed E-state index contributed by atoms with van der Waals surface area (Å²) in [6.07, 6.45) is 3.67. The molecule has 3 rings (SSSR count). The highest BCUT2D eigenvalue weighted by Gasteiger charge is 2.06. The van der Waals surface area contributed by atoms with Crippen molar-refractivity contribution in [1.82, 2.24) is 9.55 Å². The Hall–Kier alpha value is -1.49. The zero-order chi connectivity index (χ0) is 16.2. The number of hydrogen-bond acceptors (Lipinski definition) is 2. The SMILES string of the molecule is Fc1cccc(SCc2nccn2Cc2cc(Cl)cc(Cl)c2)c1. The molecule has 0 N–H and O–H groups in total. The Balaban J connectivity index is 1.72. The van der Waals surface area contributed by atoms with Crippen LogP contribution in [-0.4, -0.2) is 9.55 Å². The van der Waals surface area contributed by atoms with Crippen molar-refractivity contribution in [2.45, 2.75) is 17.2 Å². The lowest BCUT2D eigenvalue weighted by atomic mass is 10.2. The Kier molecular flexibility index (Phi) is 5.26. The smallest absolute Gasteiger partial charge is 0.124 e. The molecule has 0 bridgehead atoms. The van der Waals surface area contributed by atoms with Gasteiger partial charge in [-0.1, -0.05) is 29.3 Å². The van der Waals surface area contributed by atoms with Crippen LogP contribution >= 0.6 is 35.0 Å². The summed E-state index contributed by atoms with van der Waals surface area (Å²) >= 11 is 13.6. The highest BCUT2D eigenvalue weighted by Crippen LogP contribution is 2.24. The van der Waals surface area contributed by atoms with Gasteiger partial charge in [-0.15, -0.1) is 11.8 Å². The van der Waals surface area contributed by atoms with E-state index >= 15 is 0 Å². The van der Waals surface area contributed by atoms with E-state index in [0.717, 1.165) is 16.3 Å². The van der Waals surface area contributed by atoms with Gasteiger partial charge in [0.05, 0.1) is 5.75 Å². The van der Waals surface area contributed by atoms with Crippen molar-refractivity contribution in [3.8, 4) is 0 Å². The fraction of sp³-hybridized carbons (Fsp3) is 0.118. The van der Waals surface area contributed by atoms with E-state index in [1.165, 1.54) is 12.1 Å². The highest BCUT2D eigenvalue weighted by molar-refractivity contribution is 7.98. The van der Waals surface area contributed by atoms with Gasteiger partial charge in [0.15, 0.2) is 0 Å². The number of thioether (sulfide) groups is 1. The molecule has 0 aliphatic heterocycles. The van der Waals surface area contributed by atoms with E-state index in [4.69, 9.17) is 23.2 Å². The number of hydrogen-bond donors (Lipinski definition) is 0. The summed E-state index contributed by atoms with van der Waals surface area (Å²) in [6.45, 7) is 0.638. The molecule has 0 saturated heterocycles. The largest absolute Gasteiger partial charge is 0.330 e.